The van der Waals surface area contributed by atoms with Crippen LogP contribution >= 0.6 is 0 Å². The van der Waals surface area contributed by atoms with Crippen LogP contribution in [0.2, 0.25) is 0 Å². The molecular formula is C19H25N3O4. The molecule has 0 atom stereocenters. The van der Waals surface area contributed by atoms with Crippen molar-refractivity contribution < 1.29 is 18.8 Å². The van der Waals surface area contributed by atoms with E-state index < -0.39 is 0 Å². The van der Waals surface area contributed by atoms with E-state index in [0.29, 0.717) is 29.3 Å². The van der Waals surface area contributed by atoms with Gasteiger partial charge in [0.15, 0.2) is 5.69 Å². The molecule has 7 heteroatoms. The molecule has 0 aliphatic heterocycles. The summed E-state index contributed by atoms with van der Waals surface area (Å²) in [5.74, 6) is 1.06. The van der Waals surface area contributed by atoms with E-state index in [1.54, 1.807) is 24.3 Å². The number of carbonyl (C=O) groups is 2. The van der Waals surface area contributed by atoms with E-state index in [-0.39, 0.29) is 29.3 Å². The van der Waals surface area contributed by atoms with Gasteiger partial charge in [0.05, 0.1) is 12.8 Å². The maximum absolute atomic E-state index is 12.3. The predicted octanol–water partition coefficient (Wildman–Crippen LogP) is 4.04. The van der Waals surface area contributed by atoms with Crippen molar-refractivity contribution in [3.8, 4) is 5.75 Å². The summed E-state index contributed by atoms with van der Waals surface area (Å²) in [4.78, 5) is 24.2. The highest BCUT2D eigenvalue weighted by Crippen LogP contribution is 2.28. The molecule has 0 fully saturated rings. The zero-order valence-electron chi connectivity index (χ0n) is 15.8. The van der Waals surface area contributed by atoms with E-state index in [1.807, 2.05) is 27.7 Å². The lowest BCUT2D eigenvalue weighted by Crippen LogP contribution is -2.15. The minimum Gasteiger partial charge on any atom is -0.494 e. The third-order valence-electron chi connectivity index (χ3n) is 3.66. The van der Waals surface area contributed by atoms with Crippen LogP contribution in [0.4, 0.5) is 11.4 Å². The lowest BCUT2D eigenvalue weighted by atomic mass is 10.1. The first-order valence-electron chi connectivity index (χ1n) is 8.56. The van der Waals surface area contributed by atoms with Crippen molar-refractivity contribution >= 4 is 23.2 Å². The van der Waals surface area contributed by atoms with Crippen LogP contribution in [0.3, 0.4) is 0 Å². The number of methoxy groups -OCH3 is 1. The molecule has 0 bridgehead atoms. The number of hydrogen-bond donors (Lipinski definition) is 2. The Morgan fingerprint density at radius 2 is 1.88 bits per heavy atom. The predicted molar refractivity (Wildman–Crippen MR) is 99.6 cm³/mol. The fourth-order valence-corrected chi connectivity index (χ4v) is 2.31. The summed E-state index contributed by atoms with van der Waals surface area (Å²) in [5, 5.41) is 9.35. The van der Waals surface area contributed by atoms with E-state index in [0.717, 1.165) is 0 Å². The summed E-state index contributed by atoms with van der Waals surface area (Å²) < 4.78 is 10.5. The van der Waals surface area contributed by atoms with Gasteiger partial charge in [-0.3, -0.25) is 9.59 Å². The Morgan fingerprint density at radius 3 is 2.46 bits per heavy atom. The minimum atomic E-state index is -0.376. The molecule has 0 spiro atoms. The third-order valence-corrected chi connectivity index (χ3v) is 3.66. The molecule has 26 heavy (non-hydrogen) atoms. The number of rotatable bonds is 7. The highest BCUT2D eigenvalue weighted by molar-refractivity contribution is 6.03. The second-order valence-corrected chi connectivity index (χ2v) is 6.78. The second kappa shape index (κ2) is 8.51. The van der Waals surface area contributed by atoms with Crippen molar-refractivity contribution in [1.29, 1.82) is 0 Å². The van der Waals surface area contributed by atoms with Crippen LogP contribution in [0, 0.1) is 5.92 Å². The van der Waals surface area contributed by atoms with E-state index in [9.17, 15) is 9.59 Å². The lowest BCUT2D eigenvalue weighted by Gasteiger charge is -2.13. The Bertz CT molecular complexity index is 781. The zero-order valence-corrected chi connectivity index (χ0v) is 15.8. The van der Waals surface area contributed by atoms with Gasteiger partial charge in [-0.1, -0.05) is 32.9 Å². The van der Waals surface area contributed by atoms with Gasteiger partial charge in [-0.15, -0.1) is 0 Å². The van der Waals surface area contributed by atoms with Crippen molar-refractivity contribution in [2.75, 3.05) is 17.7 Å². The Balaban J connectivity index is 2.10. The number of anilines is 2. The standard InChI is InChI=1S/C19H25N3O4/c1-11(2)8-18(23)21-14-7-6-13(9-17(14)25-5)20-19(24)15-10-16(12(3)4)26-22-15/h6-7,9-12H,8H2,1-5H3,(H,20,24)(H,21,23). The summed E-state index contributed by atoms with van der Waals surface area (Å²) in [6.45, 7) is 7.87. The molecule has 2 amide bonds. The number of benzene rings is 1. The van der Waals surface area contributed by atoms with Gasteiger partial charge in [0.25, 0.3) is 5.91 Å². The maximum atomic E-state index is 12.3. The summed E-state index contributed by atoms with van der Waals surface area (Å²) in [6, 6.07) is 6.65. The fourth-order valence-electron chi connectivity index (χ4n) is 2.31. The van der Waals surface area contributed by atoms with E-state index >= 15 is 0 Å². The van der Waals surface area contributed by atoms with Gasteiger partial charge in [0.2, 0.25) is 5.91 Å². The number of amides is 2. The highest BCUT2D eigenvalue weighted by Gasteiger charge is 2.16. The molecule has 140 valence electrons. The number of hydrogen-bond acceptors (Lipinski definition) is 5. The quantitative estimate of drug-likeness (QED) is 0.778. The van der Waals surface area contributed by atoms with Crippen LogP contribution in [0.25, 0.3) is 0 Å². The molecule has 0 aliphatic rings. The molecule has 1 aromatic heterocycles. The fraction of sp³-hybridized carbons (Fsp3) is 0.421. The number of aromatic nitrogens is 1. The molecule has 1 heterocycles. The van der Waals surface area contributed by atoms with E-state index in [2.05, 4.69) is 15.8 Å². The molecule has 7 nitrogen and oxygen atoms in total. The minimum absolute atomic E-state index is 0.0844. The first kappa shape index (κ1) is 19.5. The molecular weight excluding hydrogens is 334 g/mol. The van der Waals surface area contributed by atoms with Crippen LogP contribution < -0.4 is 15.4 Å². The van der Waals surface area contributed by atoms with Crippen molar-refractivity contribution in [3.63, 3.8) is 0 Å². The van der Waals surface area contributed by atoms with Crippen molar-refractivity contribution in [2.24, 2.45) is 5.92 Å². The summed E-state index contributed by atoms with van der Waals surface area (Å²) in [7, 11) is 1.51. The number of nitrogens with zero attached hydrogens (tertiary/aromatic N) is 1. The summed E-state index contributed by atoms with van der Waals surface area (Å²) >= 11 is 0. The van der Waals surface area contributed by atoms with Gasteiger partial charge >= 0.3 is 0 Å². The van der Waals surface area contributed by atoms with Gasteiger partial charge in [-0.2, -0.15) is 0 Å². The second-order valence-electron chi connectivity index (χ2n) is 6.78. The van der Waals surface area contributed by atoms with Crippen molar-refractivity contribution in [1.82, 2.24) is 5.16 Å². The van der Waals surface area contributed by atoms with Crippen LogP contribution in [0.1, 0.15) is 56.3 Å². The molecule has 0 radical (unpaired) electrons. The van der Waals surface area contributed by atoms with Crippen molar-refractivity contribution in [3.05, 3.63) is 35.7 Å². The molecule has 1 aromatic carbocycles. The molecule has 0 saturated carbocycles. The van der Waals surface area contributed by atoms with Crippen LogP contribution in [-0.4, -0.2) is 24.1 Å². The van der Waals surface area contributed by atoms with Gasteiger partial charge in [0, 0.05) is 30.2 Å². The molecule has 2 aromatic rings. The van der Waals surface area contributed by atoms with Crippen LogP contribution in [-0.2, 0) is 4.79 Å². The first-order chi connectivity index (χ1) is 12.3. The molecule has 2 N–H and O–H groups in total. The van der Waals surface area contributed by atoms with E-state index in [4.69, 9.17) is 9.26 Å². The smallest absolute Gasteiger partial charge is 0.277 e. The topological polar surface area (TPSA) is 93.5 Å². The molecule has 0 aliphatic carbocycles. The monoisotopic (exact) mass is 359 g/mol. The molecule has 0 unspecified atom stereocenters. The average Bonchev–Trinajstić information content (AvgIpc) is 3.05. The highest BCUT2D eigenvalue weighted by atomic mass is 16.5. The lowest BCUT2D eigenvalue weighted by molar-refractivity contribution is -0.116. The largest absolute Gasteiger partial charge is 0.494 e. The number of carbonyl (C=O) groups excluding carboxylic acids is 2. The Morgan fingerprint density at radius 1 is 1.15 bits per heavy atom. The maximum Gasteiger partial charge on any atom is 0.277 e. The first-order valence-corrected chi connectivity index (χ1v) is 8.56. The Hall–Kier alpha value is -2.83. The Labute approximate surface area is 153 Å². The van der Waals surface area contributed by atoms with Crippen LogP contribution in [0.15, 0.2) is 28.8 Å². The van der Waals surface area contributed by atoms with Gasteiger partial charge in [-0.25, -0.2) is 0 Å². The average molecular weight is 359 g/mol. The third kappa shape index (κ3) is 5.08. The van der Waals surface area contributed by atoms with Crippen molar-refractivity contribution in [2.45, 2.75) is 40.0 Å². The van der Waals surface area contributed by atoms with Crippen LogP contribution in [0.5, 0.6) is 5.75 Å². The van der Waals surface area contributed by atoms with E-state index in [1.165, 1.54) is 7.11 Å². The Kier molecular flexibility index (Phi) is 6.38. The van der Waals surface area contributed by atoms with Gasteiger partial charge < -0.3 is 19.9 Å². The van der Waals surface area contributed by atoms with Gasteiger partial charge in [0.1, 0.15) is 11.5 Å². The zero-order chi connectivity index (χ0) is 19.3. The summed E-state index contributed by atoms with van der Waals surface area (Å²) in [5.41, 5.74) is 1.30. The molecule has 0 saturated heterocycles. The normalized spacial score (nSPS) is 10.9. The van der Waals surface area contributed by atoms with Gasteiger partial charge in [-0.05, 0) is 18.1 Å². The number of nitrogens with one attached hydrogen (secondary N) is 2. The SMILES string of the molecule is COc1cc(NC(=O)c2cc(C(C)C)on2)ccc1NC(=O)CC(C)C. The summed E-state index contributed by atoms with van der Waals surface area (Å²) in [6.07, 6.45) is 0.423. The molecule has 2 rings (SSSR count). The number of ether oxygens (including phenoxy) is 1.